The number of urea groups is 1. The van der Waals surface area contributed by atoms with Gasteiger partial charge in [0.2, 0.25) is 0 Å². The summed E-state index contributed by atoms with van der Waals surface area (Å²) in [6.45, 7) is 0. The number of amides is 3. The van der Waals surface area contributed by atoms with E-state index in [4.69, 9.17) is 46.4 Å². The SMILES string of the molecule is O=C1NC=C(C(=O)Nc2ccc(Cl)c(Cl)c2)C(/N=C/c2ccc(Cl)c(Cl)c2)N1. The third kappa shape index (κ3) is 4.97. The van der Waals surface area contributed by atoms with Gasteiger partial charge in [0.15, 0.2) is 6.17 Å². The van der Waals surface area contributed by atoms with Crippen LogP contribution in [0, 0.1) is 0 Å². The van der Waals surface area contributed by atoms with Crippen LogP contribution in [0.3, 0.4) is 0 Å². The molecular formula is C18H12Cl4N4O2. The van der Waals surface area contributed by atoms with Crippen LogP contribution in [0.5, 0.6) is 0 Å². The molecule has 3 rings (SSSR count). The summed E-state index contributed by atoms with van der Waals surface area (Å²) >= 11 is 23.7. The van der Waals surface area contributed by atoms with Crippen LogP contribution < -0.4 is 16.0 Å². The molecule has 0 saturated carbocycles. The summed E-state index contributed by atoms with van der Waals surface area (Å²) < 4.78 is 0. The lowest BCUT2D eigenvalue weighted by molar-refractivity contribution is -0.113. The Balaban J connectivity index is 1.79. The standard InChI is InChI=1S/C18H12Cl4N4O2/c19-12-3-1-9(5-14(12)21)7-23-16-11(8-24-18(28)26-16)17(27)25-10-2-4-13(20)15(22)6-10/h1-8,16H,(H,25,27)(H2,24,26,28)/b23-7+. The molecule has 3 amide bonds. The highest BCUT2D eigenvalue weighted by atomic mass is 35.5. The van der Waals surface area contributed by atoms with E-state index >= 15 is 0 Å². The lowest BCUT2D eigenvalue weighted by Gasteiger charge is -2.22. The van der Waals surface area contributed by atoms with Crippen LogP contribution in [-0.4, -0.2) is 24.3 Å². The van der Waals surface area contributed by atoms with Crippen LogP contribution >= 0.6 is 46.4 Å². The Kier molecular flexibility index (Phi) is 6.46. The van der Waals surface area contributed by atoms with E-state index in [1.165, 1.54) is 18.5 Å². The zero-order valence-electron chi connectivity index (χ0n) is 14.0. The van der Waals surface area contributed by atoms with Gasteiger partial charge in [-0.3, -0.25) is 9.79 Å². The van der Waals surface area contributed by atoms with E-state index in [9.17, 15) is 9.59 Å². The first-order valence-corrected chi connectivity index (χ1v) is 9.36. The molecule has 2 aromatic rings. The largest absolute Gasteiger partial charge is 0.322 e. The third-order valence-electron chi connectivity index (χ3n) is 3.68. The highest BCUT2D eigenvalue weighted by Gasteiger charge is 2.26. The van der Waals surface area contributed by atoms with Crippen molar-refractivity contribution in [2.75, 3.05) is 5.32 Å². The molecule has 0 aliphatic carbocycles. The quantitative estimate of drug-likeness (QED) is 0.571. The minimum atomic E-state index is -0.897. The van der Waals surface area contributed by atoms with Gasteiger partial charge in [-0.15, -0.1) is 0 Å². The summed E-state index contributed by atoms with van der Waals surface area (Å²) in [5, 5.41) is 9.14. The molecule has 1 atom stereocenters. The van der Waals surface area contributed by atoms with Crippen molar-refractivity contribution in [3.05, 3.63) is 73.8 Å². The van der Waals surface area contributed by atoms with E-state index in [1.807, 2.05) is 0 Å². The molecule has 0 fully saturated rings. The first-order valence-electron chi connectivity index (χ1n) is 7.85. The predicted molar refractivity (Wildman–Crippen MR) is 113 cm³/mol. The normalized spacial score (nSPS) is 16.4. The van der Waals surface area contributed by atoms with Crippen molar-refractivity contribution < 1.29 is 9.59 Å². The van der Waals surface area contributed by atoms with Crippen molar-refractivity contribution in [1.29, 1.82) is 0 Å². The van der Waals surface area contributed by atoms with Gasteiger partial charge in [-0.1, -0.05) is 52.5 Å². The molecule has 1 unspecified atom stereocenters. The van der Waals surface area contributed by atoms with Gasteiger partial charge < -0.3 is 16.0 Å². The second-order valence-corrected chi connectivity index (χ2v) is 7.28. The van der Waals surface area contributed by atoms with Gasteiger partial charge in [-0.05, 0) is 35.9 Å². The number of anilines is 1. The van der Waals surface area contributed by atoms with E-state index in [0.717, 1.165) is 0 Å². The predicted octanol–water partition coefficient (Wildman–Crippen LogP) is 4.88. The van der Waals surface area contributed by atoms with Gasteiger partial charge in [0.1, 0.15) is 0 Å². The molecule has 1 aliphatic rings. The Morgan fingerprint density at radius 3 is 2.36 bits per heavy atom. The van der Waals surface area contributed by atoms with Gasteiger partial charge in [0.25, 0.3) is 5.91 Å². The summed E-state index contributed by atoms with van der Waals surface area (Å²) in [7, 11) is 0. The Labute approximate surface area is 180 Å². The zero-order chi connectivity index (χ0) is 20.3. The van der Waals surface area contributed by atoms with Gasteiger partial charge in [0, 0.05) is 18.1 Å². The summed E-state index contributed by atoms with van der Waals surface area (Å²) in [6, 6.07) is 9.16. The Hall–Kier alpha value is -2.25. The molecule has 1 heterocycles. The molecule has 28 heavy (non-hydrogen) atoms. The van der Waals surface area contributed by atoms with E-state index in [2.05, 4.69) is 20.9 Å². The first kappa shape index (κ1) is 20.5. The number of aliphatic imine (C=N–C) groups is 1. The number of hydrogen-bond acceptors (Lipinski definition) is 3. The second-order valence-electron chi connectivity index (χ2n) is 5.65. The fourth-order valence-corrected chi connectivity index (χ4v) is 2.91. The van der Waals surface area contributed by atoms with Crippen molar-refractivity contribution in [3.8, 4) is 0 Å². The van der Waals surface area contributed by atoms with Crippen LogP contribution in [0.25, 0.3) is 0 Å². The number of benzene rings is 2. The van der Waals surface area contributed by atoms with Crippen LogP contribution in [0.15, 0.2) is 53.2 Å². The molecule has 0 spiro atoms. The molecule has 2 aromatic carbocycles. The number of carbonyl (C=O) groups is 2. The molecule has 0 aromatic heterocycles. The maximum atomic E-state index is 12.6. The van der Waals surface area contributed by atoms with E-state index < -0.39 is 18.1 Å². The molecule has 144 valence electrons. The average Bonchev–Trinajstić information content (AvgIpc) is 2.65. The number of nitrogens with zero attached hydrogens (tertiary/aromatic N) is 1. The number of hydrogen-bond donors (Lipinski definition) is 3. The molecule has 1 aliphatic heterocycles. The van der Waals surface area contributed by atoms with Crippen molar-refractivity contribution in [1.82, 2.24) is 10.6 Å². The van der Waals surface area contributed by atoms with Crippen molar-refractivity contribution in [3.63, 3.8) is 0 Å². The fourth-order valence-electron chi connectivity index (χ4n) is 2.30. The van der Waals surface area contributed by atoms with Gasteiger partial charge >= 0.3 is 6.03 Å². The van der Waals surface area contributed by atoms with Gasteiger partial charge in [-0.2, -0.15) is 0 Å². The Morgan fingerprint density at radius 2 is 1.68 bits per heavy atom. The van der Waals surface area contributed by atoms with Gasteiger partial charge in [0.05, 0.1) is 25.7 Å². The number of rotatable bonds is 4. The van der Waals surface area contributed by atoms with Crippen LogP contribution in [0.1, 0.15) is 5.56 Å². The molecule has 10 heteroatoms. The maximum Gasteiger partial charge on any atom is 0.320 e. The fraction of sp³-hybridized carbons (Fsp3) is 0.0556. The molecule has 6 nitrogen and oxygen atoms in total. The van der Waals surface area contributed by atoms with E-state index in [1.54, 1.807) is 30.3 Å². The maximum absolute atomic E-state index is 12.6. The molecule has 3 N–H and O–H groups in total. The number of nitrogens with one attached hydrogen (secondary N) is 3. The minimum absolute atomic E-state index is 0.196. The number of halogens is 4. The van der Waals surface area contributed by atoms with Crippen molar-refractivity contribution in [2.24, 2.45) is 4.99 Å². The minimum Gasteiger partial charge on any atom is -0.322 e. The van der Waals surface area contributed by atoms with E-state index in [-0.39, 0.29) is 5.57 Å². The number of carbonyl (C=O) groups excluding carboxylic acids is 2. The average molecular weight is 458 g/mol. The first-order chi connectivity index (χ1) is 13.3. The Bertz CT molecular complexity index is 1010. The molecular weight excluding hydrogens is 446 g/mol. The van der Waals surface area contributed by atoms with Crippen LogP contribution in [0.4, 0.5) is 10.5 Å². The van der Waals surface area contributed by atoms with Crippen LogP contribution in [-0.2, 0) is 4.79 Å². The smallest absolute Gasteiger partial charge is 0.320 e. The summed E-state index contributed by atoms with van der Waals surface area (Å²) in [5.74, 6) is -0.470. The van der Waals surface area contributed by atoms with E-state index in [0.29, 0.717) is 31.3 Å². The molecule has 0 saturated heterocycles. The lowest BCUT2D eigenvalue weighted by atomic mass is 10.1. The molecule has 0 bridgehead atoms. The third-order valence-corrected chi connectivity index (χ3v) is 5.16. The zero-order valence-corrected chi connectivity index (χ0v) is 17.0. The summed E-state index contributed by atoms with van der Waals surface area (Å²) in [6.07, 6.45) is 1.88. The van der Waals surface area contributed by atoms with Gasteiger partial charge in [-0.25, -0.2) is 4.79 Å². The summed E-state index contributed by atoms with van der Waals surface area (Å²) in [4.78, 5) is 28.6. The topological polar surface area (TPSA) is 82.6 Å². The highest BCUT2D eigenvalue weighted by molar-refractivity contribution is 6.42. The van der Waals surface area contributed by atoms with Crippen molar-refractivity contribution in [2.45, 2.75) is 6.17 Å². The monoisotopic (exact) mass is 456 g/mol. The second kappa shape index (κ2) is 8.84. The summed E-state index contributed by atoms with van der Waals surface area (Å²) in [5.41, 5.74) is 1.30. The highest BCUT2D eigenvalue weighted by Crippen LogP contribution is 2.26. The van der Waals surface area contributed by atoms with Crippen LogP contribution in [0.2, 0.25) is 20.1 Å². The van der Waals surface area contributed by atoms with Crippen molar-refractivity contribution >= 4 is 70.2 Å². The molecule has 0 radical (unpaired) electrons. The lowest BCUT2D eigenvalue weighted by Crippen LogP contribution is -2.47. The Morgan fingerprint density at radius 1 is 1.00 bits per heavy atom.